The van der Waals surface area contributed by atoms with Crippen LogP contribution in [0.4, 0.5) is 5.69 Å². The average Bonchev–Trinajstić information content (AvgIpc) is 3.23. The SMILES string of the molecule is COC(=O)c1ccccc1NC(=O)Cc1n[nH]c(=O)c2cc(-c3ccccc3)nn12. The van der Waals surface area contributed by atoms with Gasteiger partial charge in [-0.25, -0.2) is 14.4 Å². The Bertz CT molecular complexity index is 1290. The predicted molar refractivity (Wildman–Crippen MR) is 109 cm³/mol. The molecule has 0 aliphatic rings. The first-order chi connectivity index (χ1) is 14.6. The van der Waals surface area contributed by atoms with E-state index in [9.17, 15) is 14.4 Å². The smallest absolute Gasteiger partial charge is 0.339 e. The van der Waals surface area contributed by atoms with Crippen molar-refractivity contribution in [2.24, 2.45) is 0 Å². The van der Waals surface area contributed by atoms with Gasteiger partial charge in [-0.3, -0.25) is 9.59 Å². The summed E-state index contributed by atoms with van der Waals surface area (Å²) in [6, 6.07) is 17.5. The summed E-state index contributed by atoms with van der Waals surface area (Å²) in [6.45, 7) is 0. The summed E-state index contributed by atoms with van der Waals surface area (Å²) >= 11 is 0. The van der Waals surface area contributed by atoms with E-state index in [1.807, 2.05) is 30.3 Å². The second-order valence-corrected chi connectivity index (χ2v) is 6.42. The number of aromatic nitrogens is 4. The average molecular weight is 403 g/mol. The number of nitrogens with one attached hydrogen (secondary N) is 2. The van der Waals surface area contributed by atoms with Crippen LogP contribution < -0.4 is 10.9 Å². The lowest BCUT2D eigenvalue weighted by molar-refractivity contribution is -0.115. The van der Waals surface area contributed by atoms with Crippen LogP contribution in [0.15, 0.2) is 65.5 Å². The van der Waals surface area contributed by atoms with Crippen molar-refractivity contribution in [3.63, 3.8) is 0 Å². The number of ether oxygens (including phenoxy) is 1. The summed E-state index contributed by atoms with van der Waals surface area (Å²) in [4.78, 5) is 36.7. The number of anilines is 1. The molecule has 0 saturated carbocycles. The number of methoxy groups -OCH3 is 1. The number of aromatic amines is 1. The van der Waals surface area contributed by atoms with Crippen LogP contribution in [0.3, 0.4) is 0 Å². The number of rotatable bonds is 5. The first-order valence-corrected chi connectivity index (χ1v) is 9.07. The summed E-state index contributed by atoms with van der Waals surface area (Å²) in [5, 5.41) is 13.5. The number of carbonyl (C=O) groups excluding carboxylic acids is 2. The lowest BCUT2D eigenvalue weighted by Gasteiger charge is -2.09. The van der Waals surface area contributed by atoms with E-state index in [4.69, 9.17) is 4.74 Å². The molecule has 150 valence electrons. The fourth-order valence-electron chi connectivity index (χ4n) is 3.04. The first-order valence-electron chi connectivity index (χ1n) is 9.07. The van der Waals surface area contributed by atoms with Crippen LogP contribution in [0.5, 0.6) is 0 Å². The van der Waals surface area contributed by atoms with Crippen LogP contribution in [0.25, 0.3) is 16.8 Å². The number of para-hydroxylation sites is 1. The molecule has 0 unspecified atom stereocenters. The van der Waals surface area contributed by atoms with Crippen LogP contribution in [-0.2, 0) is 16.0 Å². The van der Waals surface area contributed by atoms with Gasteiger partial charge in [-0.1, -0.05) is 42.5 Å². The van der Waals surface area contributed by atoms with E-state index >= 15 is 0 Å². The molecule has 2 aromatic carbocycles. The first kappa shape index (κ1) is 19.1. The third-order valence-electron chi connectivity index (χ3n) is 4.47. The number of carbonyl (C=O) groups is 2. The Labute approximate surface area is 170 Å². The van der Waals surface area contributed by atoms with E-state index in [0.717, 1.165) is 5.56 Å². The van der Waals surface area contributed by atoms with Gasteiger partial charge in [0.25, 0.3) is 5.56 Å². The molecular weight excluding hydrogens is 386 g/mol. The summed E-state index contributed by atoms with van der Waals surface area (Å²) in [6.07, 6.45) is -0.168. The molecule has 0 fully saturated rings. The lowest BCUT2D eigenvalue weighted by atomic mass is 10.1. The number of nitrogens with zero attached hydrogens (tertiary/aromatic N) is 3. The molecule has 0 bridgehead atoms. The highest BCUT2D eigenvalue weighted by molar-refractivity contribution is 6.01. The zero-order valence-electron chi connectivity index (χ0n) is 16.0. The zero-order valence-corrected chi connectivity index (χ0v) is 16.0. The van der Waals surface area contributed by atoms with Crippen molar-refractivity contribution in [2.75, 3.05) is 12.4 Å². The monoisotopic (exact) mass is 403 g/mol. The fraction of sp³-hybridized carbons (Fsp3) is 0.0952. The molecule has 0 atom stereocenters. The van der Waals surface area contributed by atoms with Gasteiger partial charge < -0.3 is 10.1 Å². The summed E-state index contributed by atoms with van der Waals surface area (Å²) in [7, 11) is 1.27. The van der Waals surface area contributed by atoms with Gasteiger partial charge in [-0.2, -0.15) is 10.2 Å². The van der Waals surface area contributed by atoms with Gasteiger partial charge in [-0.15, -0.1) is 0 Å². The largest absolute Gasteiger partial charge is 0.465 e. The molecular formula is C21H17N5O4. The lowest BCUT2D eigenvalue weighted by Crippen LogP contribution is -2.22. The second kappa shape index (κ2) is 8.00. The predicted octanol–water partition coefficient (Wildman–Crippen LogP) is 2.05. The summed E-state index contributed by atoms with van der Waals surface area (Å²) in [5.74, 6) is -0.737. The van der Waals surface area contributed by atoms with Crippen molar-refractivity contribution in [1.82, 2.24) is 19.8 Å². The van der Waals surface area contributed by atoms with Crippen molar-refractivity contribution in [3.05, 3.63) is 82.4 Å². The molecule has 9 heteroatoms. The minimum Gasteiger partial charge on any atom is -0.465 e. The van der Waals surface area contributed by atoms with Crippen molar-refractivity contribution in [2.45, 2.75) is 6.42 Å². The van der Waals surface area contributed by atoms with E-state index in [0.29, 0.717) is 11.4 Å². The van der Waals surface area contributed by atoms with Gasteiger partial charge >= 0.3 is 5.97 Å². The Morgan fingerprint density at radius 1 is 1.10 bits per heavy atom. The number of amides is 1. The molecule has 2 heterocycles. The number of esters is 1. The van der Waals surface area contributed by atoms with Crippen molar-refractivity contribution < 1.29 is 14.3 Å². The molecule has 1 amide bonds. The van der Waals surface area contributed by atoms with E-state index in [1.54, 1.807) is 30.3 Å². The van der Waals surface area contributed by atoms with Crippen LogP contribution in [0.1, 0.15) is 16.2 Å². The van der Waals surface area contributed by atoms with Crippen LogP contribution in [-0.4, -0.2) is 38.8 Å². The van der Waals surface area contributed by atoms with Gasteiger partial charge in [0.05, 0.1) is 30.5 Å². The van der Waals surface area contributed by atoms with Crippen molar-refractivity contribution in [1.29, 1.82) is 0 Å². The maximum Gasteiger partial charge on any atom is 0.339 e. The maximum absolute atomic E-state index is 12.6. The topological polar surface area (TPSA) is 118 Å². The fourth-order valence-corrected chi connectivity index (χ4v) is 3.04. The van der Waals surface area contributed by atoms with Gasteiger partial charge in [0.1, 0.15) is 5.52 Å². The van der Waals surface area contributed by atoms with Crippen LogP contribution >= 0.6 is 0 Å². The minimum atomic E-state index is -0.560. The van der Waals surface area contributed by atoms with Gasteiger partial charge in [0.15, 0.2) is 5.82 Å². The number of fused-ring (bicyclic) bond motifs is 1. The van der Waals surface area contributed by atoms with Crippen molar-refractivity contribution in [3.8, 4) is 11.3 Å². The number of hydrogen-bond donors (Lipinski definition) is 2. The molecule has 4 rings (SSSR count). The molecule has 30 heavy (non-hydrogen) atoms. The molecule has 2 aromatic heterocycles. The maximum atomic E-state index is 12.6. The number of benzene rings is 2. The summed E-state index contributed by atoms with van der Waals surface area (Å²) < 4.78 is 6.09. The van der Waals surface area contributed by atoms with E-state index in [2.05, 4.69) is 20.6 Å². The Morgan fingerprint density at radius 3 is 2.60 bits per heavy atom. The quantitative estimate of drug-likeness (QED) is 0.493. The van der Waals surface area contributed by atoms with Crippen LogP contribution in [0.2, 0.25) is 0 Å². The Kier molecular flexibility index (Phi) is 5.08. The Balaban J connectivity index is 1.64. The number of hydrogen-bond acceptors (Lipinski definition) is 6. The third-order valence-corrected chi connectivity index (χ3v) is 4.47. The molecule has 0 radical (unpaired) electrons. The molecule has 0 aliphatic heterocycles. The highest BCUT2D eigenvalue weighted by Gasteiger charge is 2.17. The third kappa shape index (κ3) is 3.68. The zero-order chi connectivity index (χ0) is 21.1. The van der Waals surface area contributed by atoms with Crippen molar-refractivity contribution >= 4 is 23.1 Å². The standard InChI is InChI=1S/C21H17N5O4/c1-30-21(29)14-9-5-6-10-15(14)22-19(27)12-18-23-24-20(28)17-11-16(25-26(17)18)13-7-3-2-4-8-13/h2-11H,12H2,1H3,(H,22,27)(H,24,28). The molecule has 9 nitrogen and oxygen atoms in total. The highest BCUT2D eigenvalue weighted by atomic mass is 16.5. The minimum absolute atomic E-state index is 0.168. The molecule has 0 spiro atoms. The molecule has 0 saturated heterocycles. The van der Waals surface area contributed by atoms with Gasteiger partial charge in [-0.05, 0) is 18.2 Å². The Morgan fingerprint density at radius 2 is 1.83 bits per heavy atom. The van der Waals surface area contributed by atoms with E-state index < -0.39 is 17.4 Å². The highest BCUT2D eigenvalue weighted by Crippen LogP contribution is 2.19. The second-order valence-electron chi connectivity index (χ2n) is 6.42. The normalized spacial score (nSPS) is 10.7. The number of H-pyrrole nitrogens is 1. The molecule has 0 aliphatic carbocycles. The van der Waals surface area contributed by atoms with Gasteiger partial charge in [0, 0.05) is 5.56 Å². The molecule has 2 N–H and O–H groups in total. The molecule has 4 aromatic rings. The summed E-state index contributed by atoms with van der Waals surface area (Å²) in [5.41, 5.74) is 1.85. The Hall–Kier alpha value is -4.27. The van der Waals surface area contributed by atoms with Crippen LogP contribution in [0, 0.1) is 0 Å². The van der Waals surface area contributed by atoms with E-state index in [-0.39, 0.29) is 23.3 Å². The van der Waals surface area contributed by atoms with E-state index in [1.165, 1.54) is 11.6 Å². The van der Waals surface area contributed by atoms with Gasteiger partial charge in [0.2, 0.25) is 5.91 Å².